The largest absolute Gasteiger partial charge is 0.462 e. The van der Waals surface area contributed by atoms with E-state index in [4.69, 9.17) is 17.0 Å². The first-order valence-electron chi connectivity index (χ1n) is 8.47. The van der Waals surface area contributed by atoms with Crippen molar-refractivity contribution in [1.82, 2.24) is 5.32 Å². The van der Waals surface area contributed by atoms with Crippen LogP contribution < -0.4 is 10.6 Å². The molecule has 2 rings (SSSR count). The van der Waals surface area contributed by atoms with Crippen molar-refractivity contribution in [2.75, 3.05) is 11.9 Å². The Bertz CT molecular complexity index is 522. The van der Waals surface area contributed by atoms with E-state index in [-0.39, 0.29) is 5.97 Å². The molecule has 1 aliphatic rings. The maximum atomic E-state index is 11.6. The van der Waals surface area contributed by atoms with Crippen LogP contribution in [0, 0.1) is 5.92 Å². The average molecular weight is 334 g/mol. The van der Waals surface area contributed by atoms with Gasteiger partial charge >= 0.3 is 5.97 Å². The summed E-state index contributed by atoms with van der Waals surface area (Å²) in [6, 6.07) is 7.64. The third-order valence-corrected chi connectivity index (χ3v) is 4.63. The predicted molar refractivity (Wildman–Crippen MR) is 97.8 cm³/mol. The van der Waals surface area contributed by atoms with Crippen molar-refractivity contribution in [2.45, 2.75) is 52.0 Å². The molecule has 1 aromatic carbocycles. The van der Waals surface area contributed by atoms with E-state index in [0.717, 1.165) is 11.6 Å². The molecule has 1 saturated carbocycles. The lowest BCUT2D eigenvalue weighted by Gasteiger charge is -2.29. The number of nitrogens with one attached hydrogen (secondary N) is 2. The number of ether oxygens (including phenoxy) is 1. The zero-order valence-corrected chi connectivity index (χ0v) is 14.7. The van der Waals surface area contributed by atoms with Gasteiger partial charge in [0.25, 0.3) is 0 Å². The lowest BCUT2D eigenvalue weighted by Crippen LogP contribution is -2.39. The minimum Gasteiger partial charge on any atom is -0.462 e. The van der Waals surface area contributed by atoms with E-state index in [1.54, 1.807) is 19.1 Å². The first-order valence-corrected chi connectivity index (χ1v) is 8.87. The summed E-state index contributed by atoms with van der Waals surface area (Å²) in [4.78, 5) is 11.6. The van der Waals surface area contributed by atoms with E-state index < -0.39 is 0 Å². The van der Waals surface area contributed by atoms with Gasteiger partial charge in [0.1, 0.15) is 0 Å². The normalized spacial score (nSPS) is 20.6. The molecule has 0 atom stereocenters. The summed E-state index contributed by atoms with van der Waals surface area (Å²) in [6.45, 7) is 4.45. The van der Waals surface area contributed by atoms with Gasteiger partial charge < -0.3 is 15.4 Å². The number of esters is 1. The highest BCUT2D eigenvalue weighted by atomic mass is 32.1. The highest BCUT2D eigenvalue weighted by molar-refractivity contribution is 7.80. The van der Waals surface area contributed by atoms with Gasteiger partial charge in [-0.25, -0.2) is 4.79 Å². The molecule has 0 heterocycles. The van der Waals surface area contributed by atoms with Crippen molar-refractivity contribution in [3.63, 3.8) is 0 Å². The maximum Gasteiger partial charge on any atom is 0.338 e. The molecule has 0 spiro atoms. The van der Waals surface area contributed by atoms with Crippen LogP contribution in [-0.4, -0.2) is 23.7 Å². The van der Waals surface area contributed by atoms with Crippen LogP contribution in [0.5, 0.6) is 0 Å². The maximum absolute atomic E-state index is 11.6. The molecule has 0 aromatic heterocycles. The zero-order valence-electron chi connectivity index (χ0n) is 13.9. The molecule has 0 unspecified atom stereocenters. The van der Waals surface area contributed by atoms with Crippen LogP contribution >= 0.6 is 12.2 Å². The van der Waals surface area contributed by atoms with Gasteiger partial charge in [0.2, 0.25) is 0 Å². The quantitative estimate of drug-likeness (QED) is 0.627. The second kappa shape index (κ2) is 8.87. The van der Waals surface area contributed by atoms with E-state index in [1.165, 1.54) is 32.1 Å². The molecule has 23 heavy (non-hydrogen) atoms. The molecule has 0 amide bonds. The number of carbonyl (C=O) groups excluding carboxylic acids is 1. The van der Waals surface area contributed by atoms with Gasteiger partial charge in [-0.1, -0.05) is 13.3 Å². The van der Waals surface area contributed by atoms with Crippen LogP contribution in [-0.2, 0) is 4.74 Å². The number of benzene rings is 1. The van der Waals surface area contributed by atoms with Gasteiger partial charge in [-0.05, 0) is 75.0 Å². The number of hydrogen-bond donors (Lipinski definition) is 2. The highest BCUT2D eigenvalue weighted by Crippen LogP contribution is 2.26. The first-order chi connectivity index (χ1) is 11.1. The fraction of sp³-hybridized carbons (Fsp3) is 0.556. The smallest absolute Gasteiger partial charge is 0.338 e. The summed E-state index contributed by atoms with van der Waals surface area (Å²) < 4.78 is 4.97. The van der Waals surface area contributed by atoms with E-state index in [0.29, 0.717) is 23.3 Å². The Labute approximate surface area is 144 Å². The van der Waals surface area contributed by atoms with Gasteiger partial charge in [-0.3, -0.25) is 0 Å². The standard InChI is InChI=1S/C18H26N2O2S/c1-3-13-5-9-15(10-6-13)19-18(23)20-16-11-7-14(8-12-16)17(21)22-4-2/h7-8,11-13,15H,3-6,9-10H2,1-2H3,(H2,19,20,23). The zero-order chi connectivity index (χ0) is 16.7. The second-order valence-electron chi connectivity index (χ2n) is 6.02. The SMILES string of the molecule is CCOC(=O)c1ccc(NC(=S)NC2CCC(CC)CC2)cc1. The van der Waals surface area contributed by atoms with Crippen molar-refractivity contribution in [1.29, 1.82) is 0 Å². The second-order valence-corrected chi connectivity index (χ2v) is 6.43. The van der Waals surface area contributed by atoms with Crippen LogP contribution in [0.3, 0.4) is 0 Å². The molecule has 2 N–H and O–H groups in total. The Hall–Kier alpha value is -1.62. The molecule has 0 aliphatic heterocycles. The molecule has 0 saturated heterocycles. The Morgan fingerprint density at radius 2 is 1.83 bits per heavy atom. The Morgan fingerprint density at radius 1 is 1.17 bits per heavy atom. The Kier molecular flexibility index (Phi) is 6.84. The Balaban J connectivity index is 1.80. The van der Waals surface area contributed by atoms with Crippen LogP contribution in [0.15, 0.2) is 24.3 Å². The molecule has 126 valence electrons. The Morgan fingerprint density at radius 3 is 2.39 bits per heavy atom. The summed E-state index contributed by atoms with van der Waals surface area (Å²) in [5.74, 6) is 0.581. The first kappa shape index (κ1) is 17.7. The number of carbonyl (C=O) groups is 1. The fourth-order valence-corrected chi connectivity index (χ4v) is 3.26. The summed E-state index contributed by atoms with van der Waals surface area (Å²) in [5.41, 5.74) is 1.42. The van der Waals surface area contributed by atoms with E-state index in [2.05, 4.69) is 17.6 Å². The molecule has 5 heteroatoms. The lowest BCUT2D eigenvalue weighted by molar-refractivity contribution is 0.0526. The number of anilines is 1. The number of thiocarbonyl (C=S) groups is 1. The molecule has 1 aliphatic carbocycles. The number of hydrogen-bond acceptors (Lipinski definition) is 3. The molecular formula is C18H26N2O2S. The molecule has 1 aromatic rings. The van der Waals surface area contributed by atoms with Crippen molar-refractivity contribution in [3.05, 3.63) is 29.8 Å². The topological polar surface area (TPSA) is 50.4 Å². The van der Waals surface area contributed by atoms with Crippen LogP contribution in [0.2, 0.25) is 0 Å². The summed E-state index contributed by atoms with van der Waals surface area (Å²) >= 11 is 5.39. The minimum absolute atomic E-state index is 0.299. The van der Waals surface area contributed by atoms with Gasteiger partial charge in [0.05, 0.1) is 12.2 Å². The van der Waals surface area contributed by atoms with Crippen molar-refractivity contribution >= 4 is 29.0 Å². The van der Waals surface area contributed by atoms with Gasteiger partial charge in [-0.2, -0.15) is 0 Å². The van der Waals surface area contributed by atoms with E-state index in [1.807, 2.05) is 12.1 Å². The fourth-order valence-electron chi connectivity index (χ4n) is 2.97. The molecule has 0 radical (unpaired) electrons. The van der Waals surface area contributed by atoms with Crippen LogP contribution in [0.4, 0.5) is 5.69 Å². The number of rotatable bonds is 5. The van der Waals surface area contributed by atoms with E-state index >= 15 is 0 Å². The van der Waals surface area contributed by atoms with Crippen LogP contribution in [0.1, 0.15) is 56.3 Å². The third-order valence-electron chi connectivity index (χ3n) is 4.41. The minimum atomic E-state index is -0.299. The molecule has 1 fully saturated rings. The van der Waals surface area contributed by atoms with Gasteiger partial charge in [0, 0.05) is 11.7 Å². The van der Waals surface area contributed by atoms with Crippen molar-refractivity contribution in [3.8, 4) is 0 Å². The monoisotopic (exact) mass is 334 g/mol. The lowest BCUT2D eigenvalue weighted by atomic mass is 9.85. The summed E-state index contributed by atoms with van der Waals surface area (Å²) in [7, 11) is 0. The highest BCUT2D eigenvalue weighted by Gasteiger charge is 2.20. The van der Waals surface area contributed by atoms with Gasteiger partial charge in [0.15, 0.2) is 5.11 Å². The summed E-state index contributed by atoms with van der Waals surface area (Å²) in [6.07, 6.45) is 6.21. The molecule has 0 bridgehead atoms. The average Bonchev–Trinajstić information content (AvgIpc) is 2.56. The van der Waals surface area contributed by atoms with Crippen molar-refractivity contribution in [2.24, 2.45) is 5.92 Å². The van der Waals surface area contributed by atoms with Crippen LogP contribution in [0.25, 0.3) is 0 Å². The predicted octanol–water partition coefficient (Wildman–Crippen LogP) is 4.12. The van der Waals surface area contributed by atoms with E-state index in [9.17, 15) is 4.79 Å². The third kappa shape index (κ3) is 5.50. The summed E-state index contributed by atoms with van der Waals surface area (Å²) in [5, 5.41) is 7.23. The van der Waals surface area contributed by atoms with Crippen molar-refractivity contribution < 1.29 is 9.53 Å². The molecule has 4 nitrogen and oxygen atoms in total. The van der Waals surface area contributed by atoms with Gasteiger partial charge in [-0.15, -0.1) is 0 Å². The molecular weight excluding hydrogens is 308 g/mol.